The topological polar surface area (TPSA) is 83.0 Å². The molecule has 7 nitrogen and oxygen atoms in total. The number of likely N-dealkylation sites (tertiary alicyclic amines) is 1. The van der Waals surface area contributed by atoms with Gasteiger partial charge < -0.3 is 15.4 Å². The highest BCUT2D eigenvalue weighted by molar-refractivity contribution is 5.97. The molecule has 0 aromatic carbocycles. The van der Waals surface area contributed by atoms with Crippen LogP contribution in [0.3, 0.4) is 0 Å². The van der Waals surface area contributed by atoms with E-state index in [4.69, 9.17) is 4.74 Å². The van der Waals surface area contributed by atoms with Crippen molar-refractivity contribution >= 4 is 17.8 Å². The molecule has 25 heavy (non-hydrogen) atoms. The van der Waals surface area contributed by atoms with Gasteiger partial charge in [-0.05, 0) is 19.8 Å². The summed E-state index contributed by atoms with van der Waals surface area (Å²) in [6, 6.07) is 0.330. The Kier molecular flexibility index (Phi) is 5.32. The average Bonchev–Trinajstić information content (AvgIpc) is 3.02. The first kappa shape index (κ1) is 18.2. The molecular formula is C18H30N4O3. The Hall–Kier alpha value is -1.63. The fourth-order valence-electron chi connectivity index (χ4n) is 4.40. The van der Waals surface area contributed by atoms with Gasteiger partial charge in [0.05, 0.1) is 12.6 Å². The highest BCUT2D eigenvalue weighted by Crippen LogP contribution is 2.52. The second kappa shape index (κ2) is 7.32. The normalized spacial score (nSPS) is 31.6. The van der Waals surface area contributed by atoms with Crippen molar-refractivity contribution in [2.75, 3.05) is 26.2 Å². The van der Waals surface area contributed by atoms with Crippen molar-refractivity contribution in [2.45, 2.75) is 58.6 Å². The van der Waals surface area contributed by atoms with Gasteiger partial charge in [0.25, 0.3) is 0 Å². The number of amides is 2. The second-order valence-electron chi connectivity index (χ2n) is 7.74. The van der Waals surface area contributed by atoms with E-state index in [0.29, 0.717) is 50.4 Å². The minimum atomic E-state index is -0.0736. The summed E-state index contributed by atoms with van der Waals surface area (Å²) in [6.07, 6.45) is 3.02. The quantitative estimate of drug-likeness (QED) is 0.437. The van der Waals surface area contributed by atoms with E-state index in [1.165, 1.54) is 4.90 Å². The Morgan fingerprint density at radius 3 is 2.72 bits per heavy atom. The van der Waals surface area contributed by atoms with E-state index >= 15 is 0 Å². The largest absolute Gasteiger partial charge is 0.377 e. The molecule has 3 aliphatic rings. The van der Waals surface area contributed by atoms with Crippen LogP contribution in [-0.4, -0.2) is 61.1 Å². The summed E-state index contributed by atoms with van der Waals surface area (Å²) in [5.74, 6) is 1.14. The van der Waals surface area contributed by atoms with E-state index in [-0.39, 0.29) is 17.2 Å². The number of imide groups is 1. The summed E-state index contributed by atoms with van der Waals surface area (Å²) < 4.78 is 5.84. The SMILES string of the molecule is CCNC(=NCCN1C(=O)CCCC1=O)NC1C2CCOC2C1(C)C. The fourth-order valence-corrected chi connectivity index (χ4v) is 4.40. The van der Waals surface area contributed by atoms with Gasteiger partial charge in [-0.1, -0.05) is 13.8 Å². The molecule has 2 amide bonds. The number of aliphatic imine (C=N–C) groups is 1. The zero-order chi connectivity index (χ0) is 18.0. The molecular weight excluding hydrogens is 320 g/mol. The molecule has 2 aliphatic heterocycles. The van der Waals surface area contributed by atoms with E-state index in [9.17, 15) is 9.59 Å². The Morgan fingerprint density at radius 2 is 2.04 bits per heavy atom. The van der Waals surface area contributed by atoms with Crippen molar-refractivity contribution in [2.24, 2.45) is 16.3 Å². The zero-order valence-electron chi connectivity index (χ0n) is 15.5. The predicted octanol–water partition coefficient (Wildman–Crippen LogP) is 0.894. The van der Waals surface area contributed by atoms with Crippen molar-refractivity contribution in [1.29, 1.82) is 0 Å². The number of nitrogens with one attached hydrogen (secondary N) is 2. The first-order chi connectivity index (χ1) is 11.9. The summed E-state index contributed by atoms with van der Waals surface area (Å²) in [5, 5.41) is 6.82. The van der Waals surface area contributed by atoms with E-state index < -0.39 is 0 Å². The lowest BCUT2D eigenvalue weighted by Gasteiger charge is -2.54. The third-order valence-corrected chi connectivity index (χ3v) is 5.71. The zero-order valence-corrected chi connectivity index (χ0v) is 15.5. The number of rotatable bonds is 5. The number of carbonyl (C=O) groups excluding carboxylic acids is 2. The molecule has 2 heterocycles. The van der Waals surface area contributed by atoms with Crippen molar-refractivity contribution in [3.8, 4) is 0 Å². The number of fused-ring (bicyclic) bond motifs is 1. The average molecular weight is 350 g/mol. The summed E-state index contributed by atoms with van der Waals surface area (Å²) in [5.41, 5.74) is 0.0795. The van der Waals surface area contributed by atoms with Crippen molar-refractivity contribution in [3.05, 3.63) is 0 Å². The van der Waals surface area contributed by atoms with Gasteiger partial charge in [-0.25, -0.2) is 0 Å². The Morgan fingerprint density at radius 1 is 1.32 bits per heavy atom. The molecule has 2 saturated heterocycles. The smallest absolute Gasteiger partial charge is 0.229 e. The maximum atomic E-state index is 11.9. The van der Waals surface area contributed by atoms with E-state index in [0.717, 1.165) is 25.5 Å². The highest BCUT2D eigenvalue weighted by Gasteiger charge is 2.59. The molecule has 2 N–H and O–H groups in total. The van der Waals surface area contributed by atoms with Crippen LogP contribution in [0.25, 0.3) is 0 Å². The van der Waals surface area contributed by atoms with Crippen LogP contribution in [-0.2, 0) is 14.3 Å². The summed E-state index contributed by atoms with van der Waals surface area (Å²) in [4.78, 5) is 29.7. The molecule has 3 rings (SSSR count). The summed E-state index contributed by atoms with van der Waals surface area (Å²) >= 11 is 0. The molecule has 0 spiro atoms. The minimum absolute atomic E-state index is 0.0736. The maximum Gasteiger partial charge on any atom is 0.229 e. The standard InChI is InChI=1S/C18H30N4O3/c1-4-19-17(20-9-10-22-13(23)6-5-7-14(22)24)21-15-12-8-11-25-16(12)18(15,2)3/h12,15-16H,4-11H2,1-3H3,(H2,19,20,21). The molecule has 0 radical (unpaired) electrons. The van der Waals surface area contributed by atoms with Crippen LogP contribution in [0, 0.1) is 11.3 Å². The number of nitrogens with zero attached hydrogens (tertiary/aromatic N) is 2. The van der Waals surface area contributed by atoms with Crippen LogP contribution >= 0.6 is 0 Å². The van der Waals surface area contributed by atoms with E-state index in [1.807, 2.05) is 6.92 Å². The van der Waals surface area contributed by atoms with Gasteiger partial charge >= 0.3 is 0 Å². The van der Waals surface area contributed by atoms with Crippen molar-refractivity contribution in [1.82, 2.24) is 15.5 Å². The lowest BCUT2D eigenvalue weighted by atomic mass is 9.57. The number of hydrogen-bond acceptors (Lipinski definition) is 4. The highest BCUT2D eigenvalue weighted by atomic mass is 16.5. The van der Waals surface area contributed by atoms with Gasteiger partial charge in [0.15, 0.2) is 5.96 Å². The lowest BCUT2D eigenvalue weighted by molar-refractivity contribution is -0.147. The van der Waals surface area contributed by atoms with Gasteiger partial charge in [-0.2, -0.15) is 0 Å². The first-order valence-electron chi connectivity index (χ1n) is 9.44. The van der Waals surface area contributed by atoms with Crippen LogP contribution in [0.5, 0.6) is 0 Å². The molecule has 0 aromatic rings. The van der Waals surface area contributed by atoms with E-state index in [1.54, 1.807) is 0 Å². The van der Waals surface area contributed by atoms with Gasteiger partial charge in [0, 0.05) is 49.9 Å². The Balaban J connectivity index is 1.58. The second-order valence-corrected chi connectivity index (χ2v) is 7.74. The summed E-state index contributed by atoms with van der Waals surface area (Å²) in [6.45, 7) is 8.87. The number of guanidine groups is 1. The molecule has 3 atom stereocenters. The maximum absolute atomic E-state index is 11.9. The van der Waals surface area contributed by atoms with Crippen LogP contribution in [0.1, 0.15) is 46.5 Å². The van der Waals surface area contributed by atoms with Crippen LogP contribution in [0.15, 0.2) is 4.99 Å². The molecule has 0 aromatic heterocycles. The molecule has 3 fully saturated rings. The molecule has 140 valence electrons. The van der Waals surface area contributed by atoms with Crippen LogP contribution in [0.4, 0.5) is 0 Å². The molecule has 1 saturated carbocycles. The number of piperidine rings is 1. The minimum Gasteiger partial charge on any atom is -0.377 e. The molecule has 1 aliphatic carbocycles. The third-order valence-electron chi connectivity index (χ3n) is 5.71. The Labute approximate surface area is 149 Å². The van der Waals surface area contributed by atoms with Crippen LogP contribution < -0.4 is 10.6 Å². The predicted molar refractivity (Wildman–Crippen MR) is 95.1 cm³/mol. The molecule has 0 bridgehead atoms. The van der Waals surface area contributed by atoms with E-state index in [2.05, 4.69) is 29.5 Å². The molecule has 7 heteroatoms. The number of carbonyl (C=O) groups is 2. The fraction of sp³-hybridized carbons (Fsp3) is 0.833. The van der Waals surface area contributed by atoms with Crippen molar-refractivity contribution in [3.63, 3.8) is 0 Å². The van der Waals surface area contributed by atoms with Gasteiger partial charge in [-0.15, -0.1) is 0 Å². The monoisotopic (exact) mass is 350 g/mol. The van der Waals surface area contributed by atoms with Gasteiger partial charge in [0.2, 0.25) is 11.8 Å². The molecule has 3 unspecified atom stereocenters. The Bertz CT molecular complexity index is 545. The third kappa shape index (κ3) is 3.52. The summed E-state index contributed by atoms with van der Waals surface area (Å²) in [7, 11) is 0. The van der Waals surface area contributed by atoms with Gasteiger partial charge in [0.1, 0.15) is 0 Å². The lowest BCUT2D eigenvalue weighted by Crippen LogP contribution is -2.68. The number of hydrogen-bond donors (Lipinski definition) is 2. The number of ether oxygens (including phenoxy) is 1. The first-order valence-corrected chi connectivity index (χ1v) is 9.44. The van der Waals surface area contributed by atoms with Crippen molar-refractivity contribution < 1.29 is 14.3 Å². The van der Waals surface area contributed by atoms with Crippen LogP contribution in [0.2, 0.25) is 0 Å². The van der Waals surface area contributed by atoms with Gasteiger partial charge in [-0.3, -0.25) is 19.5 Å².